The lowest BCUT2D eigenvalue weighted by Gasteiger charge is -2.09. The molecule has 0 saturated heterocycles. The SMILES string of the molecule is NS(=O)(=O)Cc1ccc(NS(=O)(=O)c2cc(F)ccc2F)cc1. The fraction of sp³-hybridized carbons (Fsp3) is 0.0769. The molecule has 0 spiro atoms. The number of benzene rings is 2. The van der Waals surface area contributed by atoms with Crippen LogP contribution >= 0.6 is 0 Å². The molecule has 0 aromatic heterocycles. The van der Waals surface area contributed by atoms with Crippen LogP contribution in [0.5, 0.6) is 0 Å². The van der Waals surface area contributed by atoms with E-state index in [4.69, 9.17) is 5.14 Å². The summed E-state index contributed by atoms with van der Waals surface area (Å²) in [6.45, 7) is 0. The van der Waals surface area contributed by atoms with E-state index in [9.17, 15) is 25.6 Å². The zero-order valence-corrected chi connectivity index (χ0v) is 13.2. The van der Waals surface area contributed by atoms with E-state index >= 15 is 0 Å². The minimum absolute atomic E-state index is 0.0619. The van der Waals surface area contributed by atoms with Gasteiger partial charge in [0.05, 0.1) is 5.75 Å². The van der Waals surface area contributed by atoms with E-state index in [0.717, 1.165) is 6.07 Å². The van der Waals surface area contributed by atoms with E-state index in [1.54, 1.807) is 0 Å². The molecule has 0 aliphatic carbocycles. The third-order valence-corrected chi connectivity index (χ3v) is 4.89. The topological polar surface area (TPSA) is 106 Å². The van der Waals surface area contributed by atoms with E-state index in [1.165, 1.54) is 24.3 Å². The molecule has 2 aromatic carbocycles. The first-order valence-electron chi connectivity index (χ1n) is 6.14. The summed E-state index contributed by atoms with van der Waals surface area (Å²) in [4.78, 5) is -0.828. The average Bonchev–Trinajstić information content (AvgIpc) is 2.42. The van der Waals surface area contributed by atoms with Crippen LogP contribution in [0.4, 0.5) is 14.5 Å². The first-order valence-corrected chi connectivity index (χ1v) is 9.34. The van der Waals surface area contributed by atoms with E-state index in [2.05, 4.69) is 4.72 Å². The summed E-state index contributed by atoms with van der Waals surface area (Å²) in [6, 6.07) is 7.35. The van der Waals surface area contributed by atoms with Crippen molar-refractivity contribution in [3.63, 3.8) is 0 Å². The normalized spacial score (nSPS) is 12.1. The Morgan fingerprint density at radius 2 is 1.57 bits per heavy atom. The van der Waals surface area contributed by atoms with Crippen LogP contribution in [-0.2, 0) is 25.8 Å². The Morgan fingerprint density at radius 3 is 2.13 bits per heavy atom. The zero-order chi connectivity index (χ0) is 17.3. The van der Waals surface area contributed by atoms with Crippen molar-refractivity contribution in [1.82, 2.24) is 0 Å². The molecule has 0 unspecified atom stereocenters. The van der Waals surface area contributed by atoms with Crippen molar-refractivity contribution in [2.24, 2.45) is 5.14 Å². The summed E-state index contributed by atoms with van der Waals surface area (Å²) in [6.07, 6.45) is 0. The van der Waals surface area contributed by atoms with Gasteiger partial charge in [0.15, 0.2) is 0 Å². The van der Waals surface area contributed by atoms with Crippen LogP contribution in [0.1, 0.15) is 5.56 Å². The summed E-state index contributed by atoms with van der Waals surface area (Å²) in [5, 5.41) is 4.90. The molecule has 0 aliphatic heterocycles. The van der Waals surface area contributed by atoms with Gasteiger partial charge in [0.25, 0.3) is 10.0 Å². The summed E-state index contributed by atoms with van der Waals surface area (Å²) in [5.74, 6) is -2.39. The Morgan fingerprint density at radius 1 is 0.957 bits per heavy atom. The Labute approximate surface area is 132 Å². The van der Waals surface area contributed by atoms with Crippen molar-refractivity contribution in [2.75, 3.05) is 4.72 Å². The van der Waals surface area contributed by atoms with Gasteiger partial charge in [0.2, 0.25) is 10.0 Å². The molecular formula is C13H12F2N2O4S2. The molecule has 124 valence electrons. The van der Waals surface area contributed by atoms with Gasteiger partial charge in [-0.05, 0) is 35.9 Å². The van der Waals surface area contributed by atoms with Crippen molar-refractivity contribution < 1.29 is 25.6 Å². The fourth-order valence-electron chi connectivity index (χ4n) is 1.79. The van der Waals surface area contributed by atoms with Crippen molar-refractivity contribution in [3.8, 4) is 0 Å². The van der Waals surface area contributed by atoms with Crippen LogP contribution in [0.15, 0.2) is 47.4 Å². The Bertz CT molecular complexity index is 927. The molecule has 0 amide bonds. The number of nitrogens with one attached hydrogen (secondary N) is 1. The third-order valence-electron chi connectivity index (χ3n) is 2.76. The molecular weight excluding hydrogens is 350 g/mol. The van der Waals surface area contributed by atoms with Crippen LogP contribution in [-0.4, -0.2) is 16.8 Å². The molecule has 23 heavy (non-hydrogen) atoms. The molecule has 10 heteroatoms. The van der Waals surface area contributed by atoms with Gasteiger partial charge in [-0.15, -0.1) is 0 Å². The Hall–Kier alpha value is -2.04. The van der Waals surface area contributed by atoms with E-state index in [1.807, 2.05) is 0 Å². The highest BCUT2D eigenvalue weighted by Crippen LogP contribution is 2.20. The van der Waals surface area contributed by atoms with Gasteiger partial charge in [-0.25, -0.2) is 30.8 Å². The van der Waals surface area contributed by atoms with Crippen molar-refractivity contribution >= 4 is 25.7 Å². The second-order valence-electron chi connectivity index (χ2n) is 4.68. The lowest BCUT2D eigenvalue weighted by atomic mass is 10.2. The molecule has 0 fully saturated rings. The quantitative estimate of drug-likeness (QED) is 0.842. The maximum atomic E-state index is 13.6. The largest absolute Gasteiger partial charge is 0.280 e. The van der Waals surface area contributed by atoms with Gasteiger partial charge in [-0.3, -0.25) is 4.72 Å². The number of halogens is 2. The van der Waals surface area contributed by atoms with Crippen molar-refractivity contribution in [2.45, 2.75) is 10.6 Å². The number of rotatable bonds is 5. The lowest BCUT2D eigenvalue weighted by molar-refractivity contribution is 0.555. The molecule has 0 aliphatic rings. The molecule has 0 heterocycles. The van der Waals surface area contributed by atoms with Crippen LogP contribution in [0.25, 0.3) is 0 Å². The third kappa shape index (κ3) is 4.71. The maximum Gasteiger partial charge on any atom is 0.264 e. The number of hydrogen-bond donors (Lipinski definition) is 2. The van der Waals surface area contributed by atoms with Gasteiger partial charge in [0.1, 0.15) is 16.5 Å². The minimum atomic E-state index is -4.32. The molecule has 3 N–H and O–H groups in total. The van der Waals surface area contributed by atoms with Crippen molar-refractivity contribution in [3.05, 3.63) is 59.7 Å². The highest BCUT2D eigenvalue weighted by molar-refractivity contribution is 7.92. The van der Waals surface area contributed by atoms with E-state index in [0.29, 0.717) is 17.7 Å². The van der Waals surface area contributed by atoms with Gasteiger partial charge < -0.3 is 0 Å². The molecule has 0 atom stereocenters. The van der Waals surface area contributed by atoms with Crippen LogP contribution < -0.4 is 9.86 Å². The smallest absolute Gasteiger partial charge is 0.264 e. The standard InChI is InChI=1S/C13H12F2N2O4S2/c14-10-3-6-12(15)13(7-10)23(20,21)17-11-4-1-9(2-5-11)8-22(16,18)19/h1-7,17H,8H2,(H2,16,18,19). The second-order valence-corrected chi connectivity index (χ2v) is 7.95. The number of hydrogen-bond acceptors (Lipinski definition) is 4. The van der Waals surface area contributed by atoms with Gasteiger partial charge in [-0.1, -0.05) is 12.1 Å². The average molecular weight is 362 g/mol. The number of sulfonamides is 2. The highest BCUT2D eigenvalue weighted by atomic mass is 32.2. The van der Waals surface area contributed by atoms with Gasteiger partial charge in [0, 0.05) is 5.69 Å². The summed E-state index contributed by atoms with van der Waals surface area (Å²) < 4.78 is 74.8. The van der Waals surface area contributed by atoms with Gasteiger partial charge >= 0.3 is 0 Å². The van der Waals surface area contributed by atoms with E-state index < -0.39 is 42.3 Å². The predicted molar refractivity (Wildman–Crippen MR) is 80.4 cm³/mol. The fourth-order valence-corrected chi connectivity index (χ4v) is 3.60. The van der Waals surface area contributed by atoms with Crippen LogP contribution in [0.2, 0.25) is 0 Å². The summed E-state index contributed by atoms with van der Waals surface area (Å²) in [7, 11) is -8.03. The molecule has 0 radical (unpaired) electrons. The monoisotopic (exact) mass is 362 g/mol. The first kappa shape index (κ1) is 17.3. The van der Waals surface area contributed by atoms with Crippen molar-refractivity contribution in [1.29, 1.82) is 0 Å². The number of anilines is 1. The van der Waals surface area contributed by atoms with Crippen LogP contribution in [0, 0.1) is 11.6 Å². The molecule has 2 aromatic rings. The van der Waals surface area contributed by atoms with Crippen LogP contribution in [0.3, 0.4) is 0 Å². The number of nitrogens with two attached hydrogens (primary N) is 1. The minimum Gasteiger partial charge on any atom is -0.280 e. The molecule has 0 bridgehead atoms. The highest BCUT2D eigenvalue weighted by Gasteiger charge is 2.20. The maximum absolute atomic E-state index is 13.6. The summed E-state index contributed by atoms with van der Waals surface area (Å²) >= 11 is 0. The Kier molecular flexibility index (Phi) is 4.68. The summed E-state index contributed by atoms with van der Waals surface area (Å²) in [5.41, 5.74) is 0.416. The second kappa shape index (κ2) is 6.22. The van der Waals surface area contributed by atoms with E-state index in [-0.39, 0.29) is 5.69 Å². The zero-order valence-electron chi connectivity index (χ0n) is 11.5. The molecule has 0 saturated carbocycles. The van der Waals surface area contributed by atoms with Gasteiger partial charge in [-0.2, -0.15) is 0 Å². The Balaban J connectivity index is 2.26. The molecule has 2 rings (SSSR count). The lowest BCUT2D eigenvalue weighted by Crippen LogP contribution is -2.16. The predicted octanol–water partition coefficient (Wildman–Crippen LogP) is 1.55. The molecule has 6 nitrogen and oxygen atoms in total. The number of primary sulfonamides is 1. The first-order chi connectivity index (χ1) is 10.6.